The predicted molar refractivity (Wildman–Crippen MR) is 174 cm³/mol. The summed E-state index contributed by atoms with van der Waals surface area (Å²) in [5.74, 6) is 1.40. The normalized spacial score (nSPS) is 14.9. The molecule has 4 aromatic rings. The number of methoxy groups -OCH3 is 1. The van der Waals surface area contributed by atoms with Crippen LogP contribution in [-0.2, 0) is 6.54 Å². The fourth-order valence-electron chi connectivity index (χ4n) is 5.92. The Kier molecular flexibility index (Phi) is 11.3. The van der Waals surface area contributed by atoms with E-state index in [1.807, 2.05) is 57.4 Å². The molecule has 1 fully saturated rings. The molecule has 13 heteroatoms. The van der Waals surface area contributed by atoms with Crippen molar-refractivity contribution in [3.05, 3.63) is 81.2 Å². The maximum Gasteiger partial charge on any atom is 0.401 e. The summed E-state index contributed by atoms with van der Waals surface area (Å²) in [6.07, 6.45) is 0.469. The third-order valence-electron chi connectivity index (χ3n) is 8.31. The number of carbonyl (C=O) groups excluding carboxylic acids is 1. The number of aromatic amines is 1. The number of nitrogens with one attached hydrogen (secondary N) is 3. The number of ether oxygens (including phenoxy) is 1. The minimum atomic E-state index is -4.18. The molecular weight excluding hydrogens is 599 g/mol. The lowest BCUT2D eigenvalue weighted by Crippen LogP contribution is -2.49. The van der Waals surface area contributed by atoms with Crippen LogP contribution in [-0.4, -0.2) is 90.6 Å². The van der Waals surface area contributed by atoms with Gasteiger partial charge in [-0.05, 0) is 63.7 Å². The van der Waals surface area contributed by atoms with Gasteiger partial charge in [-0.15, -0.1) is 0 Å². The van der Waals surface area contributed by atoms with Crippen molar-refractivity contribution in [3.8, 4) is 16.9 Å². The zero-order valence-electron chi connectivity index (χ0n) is 27.1. The van der Waals surface area contributed by atoms with Gasteiger partial charge >= 0.3 is 6.18 Å². The molecule has 3 N–H and O–H groups in total. The molecule has 0 aromatic carbocycles. The Bertz CT molecular complexity index is 1690. The lowest BCUT2D eigenvalue weighted by atomic mass is 10.0. The van der Waals surface area contributed by atoms with Gasteiger partial charge in [-0.25, -0.2) is 4.98 Å². The fraction of sp³-hybridized carbons (Fsp3) is 0.424. The summed E-state index contributed by atoms with van der Waals surface area (Å²) >= 11 is 0. The molecule has 0 spiro atoms. The smallest absolute Gasteiger partial charge is 0.401 e. The number of aldehydes is 1. The molecule has 1 aliphatic heterocycles. The number of pyridine rings is 3. The van der Waals surface area contributed by atoms with Gasteiger partial charge in [-0.2, -0.15) is 13.2 Å². The van der Waals surface area contributed by atoms with E-state index in [1.54, 1.807) is 20.4 Å². The number of carbonyl (C=O) groups is 1. The highest BCUT2D eigenvalue weighted by atomic mass is 19.4. The van der Waals surface area contributed by atoms with E-state index in [1.165, 1.54) is 4.90 Å². The molecule has 248 valence electrons. The lowest BCUT2D eigenvalue weighted by molar-refractivity contribution is -0.149. The molecule has 1 saturated heterocycles. The minimum absolute atomic E-state index is 0.0644. The van der Waals surface area contributed by atoms with Gasteiger partial charge in [0, 0.05) is 86.3 Å². The first-order valence-corrected chi connectivity index (χ1v) is 15.1. The highest BCUT2D eigenvalue weighted by Crippen LogP contribution is 2.33. The van der Waals surface area contributed by atoms with E-state index in [0.29, 0.717) is 49.6 Å². The average Bonchev–Trinajstić information content (AvgIpc) is 3.45. The SMILES string of the molecule is CNCc1c(OC)cc(C)[nH]c1=O.CNc1ccc(-c2ccn3c(C(C)N4CCN(CC(F)(F)F)CC4)c(C)c(C=O)cc23)cn1. The highest BCUT2D eigenvalue weighted by molar-refractivity contribution is 5.87. The summed E-state index contributed by atoms with van der Waals surface area (Å²) < 4.78 is 45.5. The lowest BCUT2D eigenvalue weighted by Gasteiger charge is -2.39. The van der Waals surface area contributed by atoms with E-state index in [9.17, 15) is 22.8 Å². The summed E-state index contributed by atoms with van der Waals surface area (Å²) in [7, 11) is 5.16. The molecule has 0 radical (unpaired) electrons. The molecular formula is C33H42F3N7O3. The van der Waals surface area contributed by atoms with Crippen LogP contribution in [0.3, 0.4) is 0 Å². The third-order valence-corrected chi connectivity index (χ3v) is 8.31. The first-order valence-electron chi connectivity index (χ1n) is 15.1. The standard InChI is InChI=1S/C24H28F3N5O.C9H14N2O2/c1-16-19(14-33)12-21-20(18-4-5-22(28-3)29-13-18)6-7-32(21)23(16)17(2)31-10-8-30(9-11-31)15-24(25,26)27;1-6-4-8(13-3)7(5-10-2)9(12)11-6/h4-7,12-14,17H,8-11,15H2,1-3H3,(H,28,29);4,10H,5H2,1-3H3,(H,11,12). The number of aryl methyl sites for hydroxylation is 1. The molecule has 5 heterocycles. The molecule has 0 saturated carbocycles. The number of H-pyrrole nitrogens is 1. The number of alkyl halides is 3. The topological polar surface area (TPSA) is 107 Å². The Morgan fingerprint density at radius 2 is 1.83 bits per heavy atom. The van der Waals surface area contributed by atoms with E-state index in [2.05, 4.69) is 36.8 Å². The van der Waals surface area contributed by atoms with Gasteiger partial charge in [0.05, 0.1) is 24.7 Å². The van der Waals surface area contributed by atoms with Crippen molar-refractivity contribution in [2.24, 2.45) is 0 Å². The second kappa shape index (κ2) is 14.9. The molecule has 1 aliphatic rings. The van der Waals surface area contributed by atoms with Crippen LogP contribution in [0.25, 0.3) is 16.6 Å². The van der Waals surface area contributed by atoms with E-state index < -0.39 is 12.7 Å². The van der Waals surface area contributed by atoms with Gasteiger partial charge in [0.15, 0.2) is 0 Å². The van der Waals surface area contributed by atoms with E-state index in [4.69, 9.17) is 4.74 Å². The Labute approximate surface area is 266 Å². The Morgan fingerprint density at radius 3 is 2.39 bits per heavy atom. The van der Waals surface area contributed by atoms with Crippen LogP contribution >= 0.6 is 0 Å². The van der Waals surface area contributed by atoms with Crippen LogP contribution in [0, 0.1) is 13.8 Å². The molecule has 5 rings (SSSR count). The predicted octanol–water partition coefficient (Wildman–Crippen LogP) is 4.82. The molecule has 0 aliphatic carbocycles. The average molecular weight is 642 g/mol. The highest BCUT2D eigenvalue weighted by Gasteiger charge is 2.33. The summed E-state index contributed by atoms with van der Waals surface area (Å²) in [5, 5.41) is 5.92. The maximum absolute atomic E-state index is 12.8. The summed E-state index contributed by atoms with van der Waals surface area (Å²) in [4.78, 5) is 34.1. The van der Waals surface area contributed by atoms with Crippen molar-refractivity contribution in [1.29, 1.82) is 0 Å². The van der Waals surface area contributed by atoms with Crippen molar-refractivity contribution >= 4 is 17.6 Å². The molecule has 1 atom stereocenters. The zero-order chi connectivity index (χ0) is 33.6. The van der Waals surface area contributed by atoms with E-state index in [0.717, 1.165) is 45.7 Å². The second-order valence-corrected chi connectivity index (χ2v) is 11.4. The van der Waals surface area contributed by atoms with E-state index >= 15 is 0 Å². The fourth-order valence-corrected chi connectivity index (χ4v) is 5.92. The number of rotatable bonds is 9. The van der Waals surface area contributed by atoms with Crippen LogP contribution in [0.1, 0.15) is 45.8 Å². The van der Waals surface area contributed by atoms with Gasteiger partial charge in [0.1, 0.15) is 17.9 Å². The number of hydrogen-bond acceptors (Lipinski definition) is 8. The molecule has 4 aromatic heterocycles. The summed E-state index contributed by atoms with van der Waals surface area (Å²) in [5.41, 5.74) is 6.63. The first-order chi connectivity index (χ1) is 21.9. The Hall–Kier alpha value is -4.20. The summed E-state index contributed by atoms with van der Waals surface area (Å²) in [6, 6.07) is 9.53. The largest absolute Gasteiger partial charge is 0.496 e. The molecule has 10 nitrogen and oxygen atoms in total. The number of hydrogen-bond donors (Lipinski definition) is 3. The van der Waals surface area contributed by atoms with Gasteiger partial charge < -0.3 is 24.8 Å². The zero-order valence-corrected chi connectivity index (χ0v) is 27.1. The second-order valence-electron chi connectivity index (χ2n) is 11.4. The van der Waals surface area contributed by atoms with Gasteiger partial charge in [0.2, 0.25) is 0 Å². The quantitative estimate of drug-likeness (QED) is 0.224. The van der Waals surface area contributed by atoms with Crippen molar-refractivity contribution in [2.75, 3.05) is 59.2 Å². The van der Waals surface area contributed by atoms with Crippen LogP contribution in [0.4, 0.5) is 19.0 Å². The number of fused-ring (bicyclic) bond motifs is 1. The monoisotopic (exact) mass is 641 g/mol. The molecule has 0 bridgehead atoms. The van der Waals surface area contributed by atoms with Crippen LogP contribution in [0.15, 0.2) is 47.5 Å². The minimum Gasteiger partial charge on any atom is -0.496 e. The number of piperazine rings is 1. The van der Waals surface area contributed by atoms with Crippen LogP contribution < -0.4 is 20.9 Å². The van der Waals surface area contributed by atoms with Gasteiger partial charge in [0.25, 0.3) is 5.56 Å². The first kappa shape index (κ1) is 34.7. The third kappa shape index (κ3) is 7.95. The number of halogens is 3. The van der Waals surface area contributed by atoms with Gasteiger partial charge in [-0.3, -0.25) is 19.4 Å². The summed E-state index contributed by atoms with van der Waals surface area (Å²) in [6.45, 7) is 7.24. The van der Waals surface area contributed by atoms with Crippen molar-refractivity contribution in [3.63, 3.8) is 0 Å². The van der Waals surface area contributed by atoms with Gasteiger partial charge in [-0.1, -0.05) is 0 Å². The maximum atomic E-state index is 12.8. The molecule has 46 heavy (non-hydrogen) atoms. The number of anilines is 1. The van der Waals surface area contributed by atoms with Crippen molar-refractivity contribution in [1.82, 2.24) is 29.5 Å². The van der Waals surface area contributed by atoms with Crippen LogP contribution in [0.5, 0.6) is 5.75 Å². The Balaban J connectivity index is 0.000000310. The number of nitrogens with zero attached hydrogens (tertiary/aromatic N) is 4. The Morgan fingerprint density at radius 1 is 1.11 bits per heavy atom. The number of aromatic nitrogens is 3. The van der Waals surface area contributed by atoms with Crippen LogP contribution in [0.2, 0.25) is 0 Å². The van der Waals surface area contributed by atoms with E-state index in [-0.39, 0.29) is 11.6 Å². The molecule has 1 unspecified atom stereocenters. The van der Waals surface area contributed by atoms with Crippen molar-refractivity contribution < 1.29 is 22.7 Å². The molecule has 0 amide bonds. The van der Waals surface area contributed by atoms with Crippen molar-refractivity contribution in [2.45, 2.75) is 39.5 Å².